The Kier molecular flexibility index (Phi) is 9.61. The highest BCUT2D eigenvalue weighted by Crippen LogP contribution is 2.36. The molecule has 17 heteroatoms. The highest BCUT2D eigenvalue weighted by molar-refractivity contribution is 6.53. The molecular formula is C29H20ClF3N6O7. The van der Waals surface area contributed by atoms with Gasteiger partial charge in [-0.3, -0.25) is 19.2 Å². The number of Topliss-reactive ketones (excluding diaryl/α,β-unsaturated/α-hetero) is 1. The van der Waals surface area contributed by atoms with Gasteiger partial charge in [-0.05, 0) is 36.4 Å². The molecule has 0 aliphatic rings. The van der Waals surface area contributed by atoms with Crippen molar-refractivity contribution in [2.75, 3.05) is 12.4 Å². The number of H-pyrrole nitrogens is 1. The average molecular weight is 657 g/mol. The number of rotatable bonds is 9. The number of nitrogens with one attached hydrogen (secondary N) is 3. The lowest BCUT2D eigenvalue weighted by Crippen LogP contribution is -2.41. The zero-order chi connectivity index (χ0) is 33.8. The van der Waals surface area contributed by atoms with Crippen molar-refractivity contribution < 1.29 is 41.9 Å². The van der Waals surface area contributed by atoms with Crippen LogP contribution < -0.4 is 22.0 Å². The molecule has 13 nitrogen and oxygen atoms in total. The number of carbonyl (C=O) groups is 5. The first-order valence-electron chi connectivity index (χ1n) is 12.8. The van der Waals surface area contributed by atoms with Gasteiger partial charge in [0.05, 0.1) is 28.7 Å². The van der Waals surface area contributed by atoms with E-state index >= 15 is 0 Å². The van der Waals surface area contributed by atoms with Gasteiger partial charge in [0, 0.05) is 16.8 Å². The Hall–Kier alpha value is -5.90. The van der Waals surface area contributed by atoms with Crippen molar-refractivity contribution in [1.82, 2.24) is 15.4 Å². The van der Waals surface area contributed by atoms with E-state index in [0.29, 0.717) is 11.6 Å². The summed E-state index contributed by atoms with van der Waals surface area (Å²) >= 11 is 5.61. The Morgan fingerprint density at radius 1 is 1.00 bits per heavy atom. The zero-order valence-corrected chi connectivity index (χ0v) is 24.0. The van der Waals surface area contributed by atoms with Gasteiger partial charge >= 0.3 is 18.2 Å². The number of fused-ring (bicyclic) bond motifs is 1. The van der Waals surface area contributed by atoms with Gasteiger partial charge in [-0.25, -0.2) is 20.0 Å². The van der Waals surface area contributed by atoms with Crippen LogP contribution in [0.5, 0.6) is 0 Å². The molecule has 1 heterocycles. The third-order valence-corrected chi connectivity index (χ3v) is 6.59. The topological polar surface area (TPSA) is 203 Å². The van der Waals surface area contributed by atoms with Crippen LogP contribution >= 0.6 is 11.6 Å². The van der Waals surface area contributed by atoms with Gasteiger partial charge in [-0.15, -0.1) is 0 Å². The Morgan fingerprint density at radius 3 is 2.33 bits per heavy atom. The number of hydrazone groups is 1. The monoisotopic (exact) mass is 656 g/mol. The second-order valence-electron chi connectivity index (χ2n) is 9.29. The lowest BCUT2D eigenvalue weighted by Gasteiger charge is -2.17. The molecule has 46 heavy (non-hydrogen) atoms. The molecule has 0 spiro atoms. The van der Waals surface area contributed by atoms with Gasteiger partial charge in [-0.1, -0.05) is 41.9 Å². The van der Waals surface area contributed by atoms with Gasteiger partial charge in [0.25, 0.3) is 11.5 Å². The molecule has 0 aliphatic carbocycles. The molecule has 5 N–H and O–H groups in total. The fourth-order valence-electron chi connectivity index (χ4n) is 4.16. The van der Waals surface area contributed by atoms with Gasteiger partial charge < -0.3 is 20.8 Å². The van der Waals surface area contributed by atoms with Crippen LogP contribution in [0, 0.1) is 0 Å². The number of nitrogens with two attached hydrogens (primary N) is 1. The van der Waals surface area contributed by atoms with Crippen molar-refractivity contribution in [3.63, 3.8) is 0 Å². The number of alkyl halides is 3. The normalized spacial score (nSPS) is 12.2. The summed E-state index contributed by atoms with van der Waals surface area (Å²) in [7, 11) is 0.857. The largest absolute Gasteiger partial charge is 0.464 e. The Balaban J connectivity index is 1.85. The molecule has 0 aliphatic heterocycles. The number of hydrogen-bond donors (Lipinski definition) is 4. The number of anilines is 1. The lowest BCUT2D eigenvalue weighted by atomic mass is 9.93. The molecule has 0 radical (unpaired) electrons. The molecule has 1 aromatic heterocycles. The Bertz CT molecular complexity index is 1980. The van der Waals surface area contributed by atoms with Crippen molar-refractivity contribution in [2.45, 2.75) is 12.1 Å². The minimum atomic E-state index is -4.92. The first-order valence-corrected chi connectivity index (χ1v) is 13.2. The van der Waals surface area contributed by atoms with E-state index in [1.54, 1.807) is 35.8 Å². The number of aromatic amines is 1. The van der Waals surface area contributed by atoms with Gasteiger partial charge in [-0.2, -0.15) is 18.3 Å². The molecule has 0 fully saturated rings. The average Bonchev–Trinajstić information content (AvgIpc) is 3.02. The number of halogens is 4. The van der Waals surface area contributed by atoms with E-state index in [0.717, 1.165) is 19.2 Å². The van der Waals surface area contributed by atoms with Gasteiger partial charge in [0.15, 0.2) is 11.5 Å². The van der Waals surface area contributed by atoms with Crippen LogP contribution in [0.4, 0.5) is 23.7 Å². The van der Waals surface area contributed by atoms with Crippen LogP contribution in [0.15, 0.2) is 76.6 Å². The Labute approximate surface area is 260 Å². The predicted octanol–water partition coefficient (Wildman–Crippen LogP) is 3.32. The van der Waals surface area contributed by atoms with E-state index in [1.165, 1.54) is 18.2 Å². The molecule has 4 aromatic rings. The second-order valence-corrected chi connectivity index (χ2v) is 9.69. The number of nitrogens with zero attached hydrogens (tertiary/aromatic N) is 2. The van der Waals surface area contributed by atoms with Crippen LogP contribution in [0.25, 0.3) is 11.0 Å². The maximum Gasteiger partial charge on any atom is 0.417 e. The smallest absolute Gasteiger partial charge is 0.417 e. The lowest BCUT2D eigenvalue weighted by molar-refractivity contribution is -0.137. The Morgan fingerprint density at radius 2 is 1.70 bits per heavy atom. The van der Waals surface area contributed by atoms with Crippen LogP contribution in [0.2, 0.25) is 5.02 Å². The number of ether oxygens (including phenoxy) is 1. The highest BCUT2D eigenvalue weighted by Gasteiger charge is 2.40. The first-order chi connectivity index (χ1) is 21.7. The van der Waals surface area contributed by atoms with Crippen LogP contribution in [-0.4, -0.2) is 52.3 Å². The maximum absolute atomic E-state index is 13.6. The second kappa shape index (κ2) is 13.4. The molecule has 0 saturated heterocycles. The van der Waals surface area contributed by atoms with E-state index in [2.05, 4.69) is 19.8 Å². The number of carbonyl (C=O) groups excluding carboxylic acids is 5. The fourth-order valence-corrected chi connectivity index (χ4v) is 4.38. The minimum absolute atomic E-state index is 0.0748. The maximum atomic E-state index is 13.6. The fraction of sp³-hybridized carbons (Fsp3) is 0.103. The number of ketones is 2. The number of esters is 1. The van der Waals surface area contributed by atoms with Crippen molar-refractivity contribution in [3.05, 3.63) is 104 Å². The number of primary amides is 1. The first kappa shape index (κ1) is 33.0. The van der Waals surface area contributed by atoms with Crippen molar-refractivity contribution in [3.8, 4) is 0 Å². The van der Waals surface area contributed by atoms with E-state index < -0.39 is 74.8 Å². The molecule has 0 unspecified atom stereocenters. The standard InChI is InChI=1S/C29H20ClF3N6O7/c1-46-27(44)22(38-39-28(34)45)20(24(41)26(43)35-15-8-9-17(30)16(12-15)29(31,32)33)21-25(42)37-18-10-7-14(11-19(18)36-21)23(40)13-5-3-2-4-6-13/h2-12,20H,1H3,(H,35,43)(H,37,42)(H3,34,39,45)/b38-22+/t20-/m0/s1. The highest BCUT2D eigenvalue weighted by atomic mass is 35.5. The number of amides is 3. The quantitative estimate of drug-likeness (QED) is 0.0690. The number of methoxy groups -OCH3 is 1. The zero-order valence-electron chi connectivity index (χ0n) is 23.3. The summed E-state index contributed by atoms with van der Waals surface area (Å²) in [5.41, 5.74) is 2.36. The number of aromatic nitrogens is 2. The molecule has 236 valence electrons. The van der Waals surface area contributed by atoms with Crippen LogP contribution in [-0.2, 0) is 25.3 Å². The number of benzene rings is 3. The van der Waals surface area contributed by atoms with E-state index in [1.807, 2.05) is 5.32 Å². The van der Waals surface area contributed by atoms with E-state index in [4.69, 9.17) is 17.3 Å². The predicted molar refractivity (Wildman–Crippen MR) is 157 cm³/mol. The van der Waals surface area contributed by atoms with E-state index in [-0.39, 0.29) is 16.6 Å². The van der Waals surface area contributed by atoms with Gasteiger partial charge in [0.1, 0.15) is 11.6 Å². The van der Waals surface area contributed by atoms with Crippen LogP contribution in [0.1, 0.15) is 33.1 Å². The van der Waals surface area contributed by atoms with E-state index in [9.17, 15) is 41.9 Å². The minimum Gasteiger partial charge on any atom is -0.464 e. The SMILES string of the molecule is COC(=O)/C(=N/NC(N)=O)[C@@H](C(=O)C(=O)Nc1ccc(Cl)c(C(F)(F)F)c1)c1nc2cc(C(=O)c3ccccc3)ccc2[nH]c1=O. The number of hydrogen-bond acceptors (Lipinski definition) is 9. The van der Waals surface area contributed by atoms with Crippen molar-refractivity contribution >= 4 is 63.5 Å². The summed E-state index contributed by atoms with van der Waals surface area (Å²) < 4.78 is 44.7. The molecule has 0 bridgehead atoms. The number of urea groups is 1. The van der Waals surface area contributed by atoms with Crippen LogP contribution in [0.3, 0.4) is 0 Å². The molecular weight excluding hydrogens is 637 g/mol. The summed E-state index contributed by atoms with van der Waals surface area (Å²) in [6.07, 6.45) is -4.92. The van der Waals surface area contributed by atoms with Gasteiger partial charge in [0.2, 0.25) is 5.78 Å². The third-order valence-electron chi connectivity index (χ3n) is 6.26. The molecule has 3 amide bonds. The molecule has 3 aromatic carbocycles. The summed E-state index contributed by atoms with van der Waals surface area (Å²) in [5.74, 6) is -7.40. The summed E-state index contributed by atoms with van der Waals surface area (Å²) in [4.78, 5) is 83.7. The van der Waals surface area contributed by atoms with Crippen molar-refractivity contribution in [2.24, 2.45) is 10.8 Å². The molecule has 1 atom stereocenters. The molecule has 0 saturated carbocycles. The molecule has 4 rings (SSSR count). The summed E-state index contributed by atoms with van der Waals surface area (Å²) in [5, 5.41) is 4.72. The third kappa shape index (κ3) is 7.24. The summed E-state index contributed by atoms with van der Waals surface area (Å²) in [6.45, 7) is 0. The van der Waals surface area contributed by atoms with Crippen molar-refractivity contribution in [1.29, 1.82) is 0 Å². The summed E-state index contributed by atoms with van der Waals surface area (Å²) in [6, 6.07) is 13.1.